The molecule has 0 aliphatic rings. The molecular formula is C16H18F3NO5. The van der Waals surface area contributed by atoms with Gasteiger partial charge in [-0.05, 0) is 25.1 Å². The second-order valence-electron chi connectivity index (χ2n) is 5.12. The number of alkyl halides is 3. The molecule has 0 radical (unpaired) electrons. The van der Waals surface area contributed by atoms with Gasteiger partial charge in [0.1, 0.15) is 25.0 Å². The number of carbonyl (C=O) groups is 2. The number of Topliss-reactive ketones (excluding diaryl/α,β-unsaturated/α-hetero) is 1. The van der Waals surface area contributed by atoms with E-state index in [9.17, 15) is 27.9 Å². The van der Waals surface area contributed by atoms with Gasteiger partial charge in [-0.1, -0.05) is 12.7 Å². The smallest absolute Gasteiger partial charge is 0.419 e. The van der Waals surface area contributed by atoms with Crippen molar-refractivity contribution in [2.24, 2.45) is 0 Å². The Bertz CT molecular complexity index is 643. The lowest BCUT2D eigenvalue weighted by atomic mass is 10.1. The molecule has 0 bridgehead atoms. The van der Waals surface area contributed by atoms with Crippen LogP contribution in [-0.2, 0) is 11.0 Å². The molecule has 1 aromatic rings. The van der Waals surface area contributed by atoms with Gasteiger partial charge in [0.25, 0.3) is 5.91 Å². The summed E-state index contributed by atoms with van der Waals surface area (Å²) >= 11 is 0. The van der Waals surface area contributed by atoms with E-state index in [2.05, 4.69) is 11.9 Å². The van der Waals surface area contributed by atoms with E-state index >= 15 is 0 Å². The summed E-state index contributed by atoms with van der Waals surface area (Å²) in [4.78, 5) is 23.6. The van der Waals surface area contributed by atoms with Gasteiger partial charge in [-0.2, -0.15) is 13.2 Å². The zero-order valence-corrected chi connectivity index (χ0v) is 13.3. The summed E-state index contributed by atoms with van der Waals surface area (Å²) in [5, 5.41) is 20.4. The van der Waals surface area contributed by atoms with Gasteiger partial charge in [-0.25, -0.2) is 0 Å². The van der Waals surface area contributed by atoms with E-state index in [1.54, 1.807) is 0 Å². The van der Waals surface area contributed by atoms with E-state index in [0.717, 1.165) is 12.1 Å². The Morgan fingerprint density at radius 2 is 2.04 bits per heavy atom. The van der Waals surface area contributed by atoms with E-state index in [4.69, 9.17) is 9.84 Å². The lowest BCUT2D eigenvalue weighted by Gasteiger charge is -2.20. The molecule has 138 valence electrons. The van der Waals surface area contributed by atoms with Crippen molar-refractivity contribution in [3.05, 3.63) is 42.0 Å². The molecule has 3 N–H and O–H groups in total. The number of hydrogen-bond acceptors (Lipinski definition) is 5. The van der Waals surface area contributed by atoms with Crippen LogP contribution in [0.5, 0.6) is 5.75 Å². The van der Waals surface area contributed by atoms with Gasteiger partial charge in [0.05, 0.1) is 11.7 Å². The molecule has 2 atom stereocenters. The highest BCUT2D eigenvalue weighted by Gasteiger charge is 2.35. The molecule has 6 nitrogen and oxygen atoms in total. The maximum Gasteiger partial charge on any atom is 0.419 e. The lowest BCUT2D eigenvalue weighted by molar-refractivity contribution is -0.138. The first kappa shape index (κ1) is 20.7. The molecular weight excluding hydrogens is 343 g/mol. The van der Waals surface area contributed by atoms with Crippen LogP contribution in [0.2, 0.25) is 0 Å². The number of halogens is 3. The number of benzene rings is 1. The largest absolute Gasteiger partial charge is 0.489 e. The number of rotatable bonds is 8. The summed E-state index contributed by atoms with van der Waals surface area (Å²) in [5.41, 5.74) is -1.54. The van der Waals surface area contributed by atoms with Crippen LogP contribution in [-0.4, -0.2) is 47.3 Å². The minimum Gasteiger partial charge on any atom is -0.489 e. The zero-order chi connectivity index (χ0) is 19.2. The fourth-order valence-electron chi connectivity index (χ4n) is 1.96. The predicted octanol–water partition coefficient (Wildman–Crippen LogP) is 1.31. The summed E-state index contributed by atoms with van der Waals surface area (Å²) < 4.78 is 44.3. The van der Waals surface area contributed by atoms with Crippen LogP contribution in [0.4, 0.5) is 13.2 Å². The maximum atomic E-state index is 13.1. The van der Waals surface area contributed by atoms with Crippen LogP contribution in [0, 0.1) is 0 Å². The first-order valence-electron chi connectivity index (χ1n) is 7.19. The Morgan fingerprint density at radius 1 is 1.40 bits per heavy atom. The van der Waals surface area contributed by atoms with Crippen molar-refractivity contribution in [1.29, 1.82) is 0 Å². The first-order chi connectivity index (χ1) is 11.6. The number of ketones is 1. The summed E-state index contributed by atoms with van der Waals surface area (Å²) in [6.45, 7) is 3.46. The van der Waals surface area contributed by atoms with Gasteiger partial charge in [0, 0.05) is 5.56 Å². The molecule has 0 spiro atoms. The van der Waals surface area contributed by atoms with Crippen molar-refractivity contribution in [3.8, 4) is 5.75 Å². The van der Waals surface area contributed by atoms with Crippen LogP contribution in [0.3, 0.4) is 0 Å². The Morgan fingerprint density at radius 3 is 2.52 bits per heavy atom. The van der Waals surface area contributed by atoms with Gasteiger partial charge < -0.3 is 20.3 Å². The van der Waals surface area contributed by atoms with Crippen LogP contribution in [0.25, 0.3) is 0 Å². The van der Waals surface area contributed by atoms with Crippen LogP contribution in [0.15, 0.2) is 30.9 Å². The quantitative estimate of drug-likeness (QED) is 0.607. The van der Waals surface area contributed by atoms with E-state index in [-0.39, 0.29) is 12.2 Å². The van der Waals surface area contributed by atoms with Crippen molar-refractivity contribution < 1.29 is 37.7 Å². The van der Waals surface area contributed by atoms with Crippen LogP contribution >= 0.6 is 0 Å². The Hall–Kier alpha value is -2.39. The fourth-order valence-corrected chi connectivity index (χ4v) is 1.96. The van der Waals surface area contributed by atoms with Crippen molar-refractivity contribution in [2.45, 2.75) is 25.2 Å². The number of aliphatic hydroxyl groups is 2. The minimum absolute atomic E-state index is 0.149. The normalized spacial score (nSPS) is 13.7. The molecule has 0 heterocycles. The molecule has 0 fully saturated rings. The molecule has 0 saturated carbocycles. The molecule has 0 unspecified atom stereocenters. The van der Waals surface area contributed by atoms with Gasteiger partial charge >= 0.3 is 6.18 Å². The fraction of sp³-hybridized carbons (Fsp3) is 0.375. The molecule has 1 aromatic carbocycles. The molecule has 1 rings (SSSR count). The molecule has 0 aliphatic carbocycles. The van der Waals surface area contributed by atoms with Gasteiger partial charge in [-0.3, -0.25) is 9.59 Å². The number of carbonyl (C=O) groups excluding carboxylic acids is 2. The maximum absolute atomic E-state index is 13.1. The Kier molecular flexibility index (Phi) is 7.13. The highest BCUT2D eigenvalue weighted by Crippen LogP contribution is 2.36. The molecule has 0 aliphatic heterocycles. The highest BCUT2D eigenvalue weighted by atomic mass is 19.4. The summed E-state index contributed by atoms with van der Waals surface area (Å²) in [6.07, 6.45) is -4.83. The predicted molar refractivity (Wildman–Crippen MR) is 82.2 cm³/mol. The Balaban J connectivity index is 3.14. The van der Waals surface area contributed by atoms with E-state index in [1.807, 2.05) is 0 Å². The highest BCUT2D eigenvalue weighted by molar-refractivity contribution is 5.98. The average Bonchev–Trinajstić information content (AvgIpc) is 2.55. The van der Waals surface area contributed by atoms with Crippen LogP contribution in [0.1, 0.15) is 22.8 Å². The van der Waals surface area contributed by atoms with E-state index in [1.165, 1.54) is 13.0 Å². The van der Waals surface area contributed by atoms with Crippen molar-refractivity contribution in [2.75, 3.05) is 13.2 Å². The molecule has 1 amide bonds. The third kappa shape index (κ3) is 5.57. The second-order valence-corrected chi connectivity index (χ2v) is 5.12. The minimum atomic E-state index is -4.77. The van der Waals surface area contributed by atoms with E-state index < -0.39 is 47.9 Å². The third-order valence-corrected chi connectivity index (χ3v) is 3.18. The third-order valence-electron chi connectivity index (χ3n) is 3.18. The summed E-state index contributed by atoms with van der Waals surface area (Å²) in [6, 6.07) is 1.21. The summed E-state index contributed by atoms with van der Waals surface area (Å²) in [7, 11) is 0. The second kappa shape index (κ2) is 8.63. The van der Waals surface area contributed by atoms with Crippen molar-refractivity contribution >= 4 is 11.7 Å². The van der Waals surface area contributed by atoms with Gasteiger partial charge in [-0.15, -0.1) is 0 Å². The Labute approximate surface area is 141 Å². The van der Waals surface area contributed by atoms with Crippen molar-refractivity contribution in [3.63, 3.8) is 0 Å². The molecule has 9 heteroatoms. The molecule has 0 aromatic heterocycles. The average molecular weight is 361 g/mol. The lowest BCUT2D eigenvalue weighted by Crippen LogP contribution is -2.48. The van der Waals surface area contributed by atoms with Gasteiger partial charge in [0.2, 0.25) is 0 Å². The zero-order valence-electron chi connectivity index (χ0n) is 13.3. The molecule has 25 heavy (non-hydrogen) atoms. The first-order valence-corrected chi connectivity index (χ1v) is 7.19. The summed E-state index contributed by atoms with van der Waals surface area (Å²) in [5.74, 6) is -2.35. The van der Waals surface area contributed by atoms with Gasteiger partial charge in [0.15, 0.2) is 5.78 Å². The number of nitrogens with one attached hydrogen (secondary N) is 1. The van der Waals surface area contributed by atoms with Crippen molar-refractivity contribution in [1.82, 2.24) is 5.32 Å². The number of aliphatic hydroxyl groups excluding tert-OH is 2. The van der Waals surface area contributed by atoms with Crippen LogP contribution < -0.4 is 10.1 Å². The topological polar surface area (TPSA) is 95.9 Å². The monoisotopic (exact) mass is 361 g/mol. The number of ether oxygens (including phenoxy) is 1. The molecule has 0 saturated heterocycles. The number of hydrogen-bond donors (Lipinski definition) is 3. The standard InChI is InChI=1S/C16H18F3NO5/c1-3-6-25-13-5-4-10(7-11(13)16(17,18)19)15(24)20-14(9(2)22)12(23)8-21/h3-5,7,9,14,21-22H,1,6,8H2,2H3,(H,20,24)/t9-,14+/m1/s1. The number of amides is 1. The van der Waals surface area contributed by atoms with E-state index in [0.29, 0.717) is 6.07 Å². The SMILES string of the molecule is C=CCOc1ccc(C(=O)N[C@H](C(=O)CO)[C@@H](C)O)cc1C(F)(F)F.